The van der Waals surface area contributed by atoms with Crippen molar-refractivity contribution >= 4 is 23.1 Å². The molecular formula is C24H18F3NO5. The number of Topliss-reactive ketones (excluding diaryl/α,β-unsaturated/α-hetero) is 1. The van der Waals surface area contributed by atoms with Gasteiger partial charge in [0, 0.05) is 17.3 Å². The van der Waals surface area contributed by atoms with Crippen LogP contribution >= 0.6 is 0 Å². The fraction of sp³-hybridized carbons (Fsp3) is 0.167. The minimum atomic E-state index is -4.93. The van der Waals surface area contributed by atoms with Crippen molar-refractivity contribution in [1.29, 1.82) is 0 Å². The number of amides is 1. The number of benzene rings is 2. The highest BCUT2D eigenvalue weighted by Gasteiger charge is 2.48. The van der Waals surface area contributed by atoms with Gasteiger partial charge in [0.15, 0.2) is 0 Å². The summed E-state index contributed by atoms with van der Waals surface area (Å²) in [5.74, 6) is -2.34. The van der Waals surface area contributed by atoms with Gasteiger partial charge in [-0.15, -0.1) is 13.2 Å². The predicted molar refractivity (Wildman–Crippen MR) is 113 cm³/mol. The van der Waals surface area contributed by atoms with Crippen LogP contribution in [-0.2, 0) is 9.59 Å². The summed E-state index contributed by atoms with van der Waals surface area (Å²) in [7, 11) is 0. The summed E-state index contributed by atoms with van der Waals surface area (Å²) in [5, 5.41) is 11.0. The molecule has 3 aromatic rings. The standard InChI is InChI=1S/C24H18F3NO5/c1-13-6-9-15(10-7-13)21(29)19-20(18-11-8-14(2)32-18)28(23(31)22(19)30)16-4-3-5-17(12-16)33-24(25,26)27/h3-12,20,29H,1-2H3/b21-19-. The third-order valence-electron chi connectivity index (χ3n) is 5.13. The summed E-state index contributed by atoms with van der Waals surface area (Å²) in [5.41, 5.74) is 0.967. The number of hydrogen-bond donors (Lipinski definition) is 1. The molecule has 1 N–H and O–H groups in total. The Hall–Kier alpha value is -4.01. The predicted octanol–water partition coefficient (Wildman–Crippen LogP) is 5.42. The van der Waals surface area contributed by atoms with Crippen LogP contribution in [0, 0.1) is 13.8 Å². The lowest BCUT2D eigenvalue weighted by atomic mass is 9.98. The number of nitrogens with zero attached hydrogens (tertiary/aromatic N) is 1. The number of rotatable bonds is 4. The highest BCUT2D eigenvalue weighted by molar-refractivity contribution is 6.51. The first-order chi connectivity index (χ1) is 15.5. The van der Waals surface area contributed by atoms with Crippen LogP contribution in [0.25, 0.3) is 5.76 Å². The van der Waals surface area contributed by atoms with Crippen LogP contribution in [0.3, 0.4) is 0 Å². The molecule has 1 aliphatic rings. The summed E-state index contributed by atoms with van der Waals surface area (Å²) in [6, 6.07) is 13.3. The molecule has 1 aliphatic heterocycles. The lowest BCUT2D eigenvalue weighted by molar-refractivity contribution is -0.274. The van der Waals surface area contributed by atoms with E-state index in [2.05, 4.69) is 4.74 Å². The maximum atomic E-state index is 13.0. The molecule has 1 atom stereocenters. The Morgan fingerprint density at radius 2 is 1.73 bits per heavy atom. The van der Waals surface area contributed by atoms with Crippen LogP contribution in [0.4, 0.5) is 18.9 Å². The van der Waals surface area contributed by atoms with Crippen LogP contribution in [0.2, 0.25) is 0 Å². The van der Waals surface area contributed by atoms with Crippen molar-refractivity contribution in [3.8, 4) is 5.75 Å². The second-order valence-corrected chi connectivity index (χ2v) is 7.53. The van der Waals surface area contributed by atoms with E-state index in [0.717, 1.165) is 22.6 Å². The van der Waals surface area contributed by atoms with Gasteiger partial charge in [-0.05, 0) is 38.1 Å². The fourth-order valence-electron chi connectivity index (χ4n) is 3.67. The second-order valence-electron chi connectivity index (χ2n) is 7.53. The van der Waals surface area contributed by atoms with E-state index in [1.54, 1.807) is 37.3 Å². The van der Waals surface area contributed by atoms with E-state index in [4.69, 9.17) is 4.42 Å². The molecule has 2 aromatic carbocycles. The molecule has 2 heterocycles. The lowest BCUT2D eigenvalue weighted by Crippen LogP contribution is -2.29. The molecule has 6 nitrogen and oxygen atoms in total. The Kier molecular flexibility index (Phi) is 5.49. The van der Waals surface area contributed by atoms with E-state index in [-0.39, 0.29) is 17.0 Å². The van der Waals surface area contributed by atoms with Crippen LogP contribution in [0.15, 0.2) is 70.7 Å². The van der Waals surface area contributed by atoms with Crippen molar-refractivity contribution in [3.63, 3.8) is 0 Å². The van der Waals surface area contributed by atoms with Crippen molar-refractivity contribution in [2.24, 2.45) is 0 Å². The SMILES string of the molecule is Cc1ccc(/C(O)=C2/C(=O)C(=O)N(c3cccc(OC(F)(F)F)c3)C2c2ccc(C)o2)cc1. The van der Waals surface area contributed by atoms with Gasteiger partial charge in [-0.25, -0.2) is 0 Å². The van der Waals surface area contributed by atoms with Crippen LogP contribution in [-0.4, -0.2) is 23.2 Å². The van der Waals surface area contributed by atoms with E-state index in [1.165, 1.54) is 18.2 Å². The monoisotopic (exact) mass is 457 g/mol. The lowest BCUT2D eigenvalue weighted by Gasteiger charge is -2.24. The third kappa shape index (κ3) is 4.34. The van der Waals surface area contributed by atoms with Crippen molar-refractivity contribution in [2.75, 3.05) is 4.90 Å². The summed E-state index contributed by atoms with van der Waals surface area (Å²) < 4.78 is 47.7. The van der Waals surface area contributed by atoms with E-state index in [1.807, 2.05) is 6.92 Å². The number of aliphatic hydroxyl groups excluding tert-OH is 1. The largest absolute Gasteiger partial charge is 0.573 e. The summed E-state index contributed by atoms with van der Waals surface area (Å²) in [6.07, 6.45) is -4.93. The van der Waals surface area contributed by atoms with Gasteiger partial charge in [0.05, 0.1) is 5.57 Å². The number of carbonyl (C=O) groups is 2. The number of ketones is 1. The Balaban J connectivity index is 1.88. The number of hydrogen-bond acceptors (Lipinski definition) is 5. The third-order valence-corrected chi connectivity index (χ3v) is 5.13. The van der Waals surface area contributed by atoms with Crippen LogP contribution in [0.5, 0.6) is 5.75 Å². The van der Waals surface area contributed by atoms with E-state index >= 15 is 0 Å². The molecule has 0 saturated carbocycles. The number of alkyl halides is 3. The van der Waals surface area contributed by atoms with Gasteiger partial charge in [-0.3, -0.25) is 14.5 Å². The number of ether oxygens (including phenoxy) is 1. The molecule has 1 saturated heterocycles. The molecule has 1 aromatic heterocycles. The highest BCUT2D eigenvalue weighted by Crippen LogP contribution is 2.43. The number of furan rings is 1. The van der Waals surface area contributed by atoms with Crippen molar-refractivity contribution in [3.05, 3.63) is 88.9 Å². The molecule has 1 unspecified atom stereocenters. The number of anilines is 1. The number of aryl methyl sites for hydroxylation is 2. The average Bonchev–Trinajstić information content (AvgIpc) is 3.28. The van der Waals surface area contributed by atoms with Crippen LogP contribution < -0.4 is 9.64 Å². The quantitative estimate of drug-likeness (QED) is 0.321. The molecule has 0 aliphatic carbocycles. The topological polar surface area (TPSA) is 80.0 Å². The first kappa shape index (κ1) is 22.2. The molecular weight excluding hydrogens is 439 g/mol. The Morgan fingerprint density at radius 1 is 1.03 bits per heavy atom. The number of aliphatic hydroxyl groups is 1. The zero-order valence-electron chi connectivity index (χ0n) is 17.5. The molecule has 0 spiro atoms. The average molecular weight is 457 g/mol. The first-order valence-electron chi connectivity index (χ1n) is 9.85. The second kappa shape index (κ2) is 8.16. The molecule has 1 amide bonds. The Morgan fingerprint density at radius 3 is 2.33 bits per heavy atom. The minimum Gasteiger partial charge on any atom is -0.507 e. The molecule has 33 heavy (non-hydrogen) atoms. The molecule has 0 bridgehead atoms. The Bertz CT molecular complexity index is 1260. The van der Waals surface area contributed by atoms with Gasteiger partial charge in [0.1, 0.15) is 29.1 Å². The van der Waals surface area contributed by atoms with E-state index in [9.17, 15) is 27.9 Å². The highest BCUT2D eigenvalue weighted by atomic mass is 19.4. The first-order valence-corrected chi connectivity index (χ1v) is 9.85. The number of carbonyl (C=O) groups excluding carboxylic acids is 2. The van der Waals surface area contributed by atoms with Gasteiger partial charge in [-0.2, -0.15) is 0 Å². The summed E-state index contributed by atoms with van der Waals surface area (Å²) in [4.78, 5) is 27.0. The van der Waals surface area contributed by atoms with Gasteiger partial charge in [0.2, 0.25) is 0 Å². The molecule has 9 heteroatoms. The zero-order valence-corrected chi connectivity index (χ0v) is 17.5. The normalized spacial score (nSPS) is 18.1. The fourth-order valence-corrected chi connectivity index (χ4v) is 3.67. The van der Waals surface area contributed by atoms with Crippen molar-refractivity contribution < 1.29 is 37.0 Å². The van der Waals surface area contributed by atoms with E-state index < -0.39 is 35.6 Å². The van der Waals surface area contributed by atoms with Gasteiger partial charge < -0.3 is 14.3 Å². The molecule has 0 radical (unpaired) electrons. The van der Waals surface area contributed by atoms with Crippen molar-refractivity contribution in [2.45, 2.75) is 26.3 Å². The van der Waals surface area contributed by atoms with Gasteiger partial charge in [0.25, 0.3) is 11.7 Å². The summed E-state index contributed by atoms with van der Waals surface area (Å²) >= 11 is 0. The molecule has 170 valence electrons. The minimum absolute atomic E-state index is 0.0270. The Labute approximate surface area is 186 Å². The van der Waals surface area contributed by atoms with Crippen molar-refractivity contribution in [1.82, 2.24) is 0 Å². The van der Waals surface area contributed by atoms with Gasteiger partial charge in [-0.1, -0.05) is 35.9 Å². The number of halogens is 3. The molecule has 1 fully saturated rings. The molecule has 4 rings (SSSR count). The van der Waals surface area contributed by atoms with E-state index in [0.29, 0.717) is 11.3 Å². The zero-order chi connectivity index (χ0) is 23.9. The van der Waals surface area contributed by atoms with Crippen LogP contribution in [0.1, 0.15) is 28.7 Å². The van der Waals surface area contributed by atoms with Gasteiger partial charge >= 0.3 is 6.36 Å². The summed E-state index contributed by atoms with van der Waals surface area (Å²) in [6.45, 7) is 3.51. The maximum Gasteiger partial charge on any atom is 0.573 e. The smallest absolute Gasteiger partial charge is 0.507 e. The maximum absolute atomic E-state index is 13.0.